The second-order valence-corrected chi connectivity index (χ2v) is 13.7. The van der Waals surface area contributed by atoms with Gasteiger partial charge in [0.1, 0.15) is 0 Å². The van der Waals surface area contributed by atoms with E-state index in [4.69, 9.17) is 5.11 Å². The van der Waals surface area contributed by atoms with Crippen molar-refractivity contribution in [3.8, 4) is 0 Å². The van der Waals surface area contributed by atoms with Gasteiger partial charge >= 0.3 is 23.4 Å². The molecule has 0 radical (unpaired) electrons. The van der Waals surface area contributed by atoms with Crippen molar-refractivity contribution in [2.24, 2.45) is 11.3 Å². The van der Waals surface area contributed by atoms with Gasteiger partial charge in [-0.3, -0.25) is 9.69 Å². The molecule has 13 heteroatoms. The molecule has 3 aromatic rings. The molecule has 4 rings (SSSR count). The molecule has 48 heavy (non-hydrogen) atoms. The zero-order chi connectivity index (χ0) is 35.3. The van der Waals surface area contributed by atoms with Crippen LogP contribution in [0.3, 0.4) is 0 Å². The van der Waals surface area contributed by atoms with Gasteiger partial charge in [-0.05, 0) is 102 Å². The minimum absolute atomic E-state index is 0.00581. The Balaban J connectivity index is 1.55. The van der Waals surface area contributed by atoms with Crippen molar-refractivity contribution in [1.82, 2.24) is 5.32 Å². The summed E-state index contributed by atoms with van der Waals surface area (Å²) in [6, 6.07) is 17.9. The van der Waals surface area contributed by atoms with Crippen LogP contribution in [0.25, 0.3) is 5.57 Å². The van der Waals surface area contributed by atoms with Gasteiger partial charge in [-0.1, -0.05) is 57.2 Å². The number of alkyl halides is 5. The van der Waals surface area contributed by atoms with E-state index >= 15 is 0 Å². The quantitative estimate of drug-likeness (QED) is 0.146. The number of amides is 3. The molecule has 0 heterocycles. The highest BCUT2D eigenvalue weighted by molar-refractivity contribution is 8.00. The first kappa shape index (κ1) is 36.4. The Bertz CT molecular complexity index is 1650. The Hall–Kier alpha value is -4.39. The molecule has 3 aromatic carbocycles. The third-order valence-electron chi connectivity index (χ3n) is 8.09. The number of carbonyl (C=O) groups excluding carboxylic acids is 2. The highest BCUT2D eigenvalue weighted by Crippen LogP contribution is 2.40. The van der Waals surface area contributed by atoms with Gasteiger partial charge in [0, 0.05) is 21.8 Å². The molecule has 1 atom stereocenters. The Morgan fingerprint density at radius 3 is 2.17 bits per heavy atom. The number of allylic oxidation sites excluding steroid dienone is 2. The van der Waals surface area contributed by atoms with E-state index < -0.39 is 35.9 Å². The van der Waals surface area contributed by atoms with Crippen LogP contribution in [0.1, 0.15) is 61.5 Å². The maximum Gasteiger partial charge on any atom is 0.446 e. The Kier molecular flexibility index (Phi) is 11.2. The predicted octanol–water partition coefficient (Wildman–Crippen LogP) is 9.22. The maximum atomic E-state index is 13.6. The second-order valence-electron chi connectivity index (χ2n) is 12.6. The number of urea groups is 1. The molecular weight excluding hydrogens is 653 g/mol. The molecule has 0 aromatic heterocycles. The zero-order valence-corrected chi connectivity index (χ0v) is 27.4. The van der Waals surface area contributed by atoms with Gasteiger partial charge < -0.3 is 15.7 Å². The van der Waals surface area contributed by atoms with E-state index in [1.807, 2.05) is 17.4 Å². The van der Waals surface area contributed by atoms with E-state index in [1.54, 1.807) is 12.1 Å². The number of halogens is 5. The van der Waals surface area contributed by atoms with Crippen LogP contribution in [0.2, 0.25) is 0 Å². The van der Waals surface area contributed by atoms with E-state index in [1.165, 1.54) is 59.0 Å². The van der Waals surface area contributed by atoms with Crippen LogP contribution in [-0.4, -0.2) is 41.0 Å². The summed E-state index contributed by atoms with van der Waals surface area (Å²) in [5.74, 6) is -6.82. The van der Waals surface area contributed by atoms with Crippen molar-refractivity contribution in [1.29, 1.82) is 0 Å². The third-order valence-corrected chi connectivity index (χ3v) is 8.81. The molecule has 1 aliphatic rings. The Morgan fingerprint density at radius 2 is 1.60 bits per heavy atom. The lowest BCUT2D eigenvalue weighted by Gasteiger charge is -2.33. The van der Waals surface area contributed by atoms with Crippen LogP contribution in [0.4, 0.5) is 38.1 Å². The van der Waals surface area contributed by atoms with E-state index in [2.05, 4.69) is 32.2 Å². The average Bonchev–Trinajstić information content (AvgIpc) is 3.02. The average molecular weight is 690 g/mol. The minimum Gasteiger partial charge on any atom is -0.477 e. The highest BCUT2D eigenvalue weighted by Gasteiger charge is 2.39. The van der Waals surface area contributed by atoms with Crippen molar-refractivity contribution in [3.63, 3.8) is 0 Å². The molecule has 0 fully saturated rings. The molecule has 3 N–H and O–H groups in total. The van der Waals surface area contributed by atoms with Gasteiger partial charge in [-0.2, -0.15) is 22.0 Å². The molecule has 0 aliphatic heterocycles. The molecule has 1 unspecified atom stereocenters. The molecule has 256 valence electrons. The summed E-state index contributed by atoms with van der Waals surface area (Å²) >= 11 is -0.298. The molecular formula is C35H36F5N3O4S. The monoisotopic (exact) mass is 689 g/mol. The molecule has 0 saturated carbocycles. The van der Waals surface area contributed by atoms with Crippen LogP contribution in [-0.2, 0) is 11.3 Å². The number of thioether (sulfide) groups is 1. The van der Waals surface area contributed by atoms with Crippen molar-refractivity contribution in [3.05, 3.63) is 95.6 Å². The normalized spacial score (nSPS) is 15.3. The van der Waals surface area contributed by atoms with E-state index in [9.17, 15) is 36.3 Å². The van der Waals surface area contributed by atoms with E-state index in [0.717, 1.165) is 24.8 Å². The summed E-state index contributed by atoms with van der Waals surface area (Å²) in [5, 5.41) is 13.1. The Labute approximate surface area is 279 Å². The number of anilines is 2. The fourth-order valence-corrected chi connectivity index (χ4v) is 5.89. The number of rotatable bonds is 10. The third kappa shape index (κ3) is 10.1. The van der Waals surface area contributed by atoms with Crippen LogP contribution in [0, 0.1) is 11.3 Å². The number of benzene rings is 3. The maximum absolute atomic E-state index is 13.6. The SMILES string of the molecule is CC(C)(C)C1CC=C(c2ccc(N(Cc3ccc(C(=O)NCC(F)(F)C(=O)O)cc3)C(=O)Nc3cccc(SC(F)(F)F)c3)cc2)CC1. The van der Waals surface area contributed by atoms with Crippen molar-refractivity contribution < 1.29 is 41.4 Å². The smallest absolute Gasteiger partial charge is 0.446 e. The minimum atomic E-state index is -4.50. The number of nitrogens with one attached hydrogen (secondary N) is 2. The van der Waals surface area contributed by atoms with Gasteiger partial charge in [-0.25, -0.2) is 9.59 Å². The predicted molar refractivity (Wildman–Crippen MR) is 176 cm³/mol. The zero-order valence-electron chi connectivity index (χ0n) is 26.5. The van der Waals surface area contributed by atoms with Crippen LogP contribution >= 0.6 is 11.8 Å². The number of carboxylic acid groups (broad SMARTS) is 1. The Morgan fingerprint density at radius 1 is 0.938 bits per heavy atom. The highest BCUT2D eigenvalue weighted by atomic mass is 32.2. The van der Waals surface area contributed by atoms with Gasteiger partial charge in [-0.15, -0.1) is 0 Å². The topological polar surface area (TPSA) is 98.7 Å². The fraction of sp³-hybridized carbons (Fsp3) is 0.343. The molecule has 0 spiro atoms. The lowest BCUT2D eigenvalue weighted by atomic mass is 9.72. The lowest BCUT2D eigenvalue weighted by Crippen LogP contribution is -2.42. The van der Waals surface area contributed by atoms with Crippen molar-refractivity contribution in [2.45, 2.75) is 62.9 Å². The molecule has 1 aliphatic carbocycles. The summed E-state index contributed by atoms with van der Waals surface area (Å²) in [6.07, 6.45) is 5.21. The summed E-state index contributed by atoms with van der Waals surface area (Å²) in [5.41, 5.74) is -0.862. The second kappa shape index (κ2) is 14.8. The first-order valence-electron chi connectivity index (χ1n) is 15.1. The molecule has 0 bridgehead atoms. The largest absolute Gasteiger partial charge is 0.477 e. The molecule has 0 saturated heterocycles. The van der Waals surface area contributed by atoms with Crippen LogP contribution in [0.5, 0.6) is 0 Å². The van der Waals surface area contributed by atoms with Crippen LogP contribution in [0.15, 0.2) is 83.8 Å². The number of nitrogens with zero attached hydrogens (tertiary/aromatic N) is 1. The molecule has 3 amide bonds. The summed E-state index contributed by atoms with van der Waals surface area (Å²) < 4.78 is 65.6. The number of carboxylic acids is 1. The van der Waals surface area contributed by atoms with Gasteiger partial charge in [0.2, 0.25) is 0 Å². The standard InChI is InChI=1S/C35H36F5N3O4S/c1-33(2,3)26-15-11-23(12-16-26)24-13-17-28(18-14-24)43(32(47)42-27-5-4-6-29(19-27)48-35(38,39)40)20-22-7-9-25(10-8-22)30(44)41-21-34(36,37)31(45)46/h4-11,13-14,17-19,26H,12,15-16,20-21H2,1-3H3,(H,41,44)(H,42,47)(H,45,46). The first-order chi connectivity index (χ1) is 22.4. The van der Waals surface area contributed by atoms with Crippen molar-refractivity contribution in [2.75, 3.05) is 16.8 Å². The number of hydrogen-bond acceptors (Lipinski definition) is 4. The molecule has 7 nitrogen and oxygen atoms in total. The lowest BCUT2D eigenvalue weighted by molar-refractivity contribution is -0.163. The summed E-state index contributed by atoms with van der Waals surface area (Å²) in [4.78, 5) is 37.9. The van der Waals surface area contributed by atoms with Crippen molar-refractivity contribution >= 4 is 46.6 Å². The fourth-order valence-electron chi connectivity index (χ4n) is 5.29. The summed E-state index contributed by atoms with van der Waals surface area (Å²) in [7, 11) is 0. The number of hydrogen-bond donors (Lipinski definition) is 3. The number of carbonyl (C=O) groups is 3. The summed E-state index contributed by atoms with van der Waals surface area (Å²) in [6.45, 7) is 5.31. The van der Waals surface area contributed by atoms with E-state index in [0.29, 0.717) is 17.2 Å². The van der Waals surface area contributed by atoms with E-state index in [-0.39, 0.29) is 39.9 Å². The van der Waals surface area contributed by atoms with Gasteiger partial charge in [0.25, 0.3) is 5.91 Å². The van der Waals surface area contributed by atoms with Gasteiger partial charge in [0.15, 0.2) is 0 Å². The van der Waals surface area contributed by atoms with Crippen LogP contribution < -0.4 is 15.5 Å². The van der Waals surface area contributed by atoms with Gasteiger partial charge in [0.05, 0.1) is 13.1 Å². The number of aliphatic carboxylic acids is 1. The first-order valence-corrected chi connectivity index (χ1v) is 15.9.